The normalized spacial score (nSPS) is 13.4. The molecule has 222 valence electrons. The van der Waals surface area contributed by atoms with E-state index in [9.17, 15) is 14.4 Å². The lowest BCUT2D eigenvalue weighted by atomic mass is 10.0. The summed E-state index contributed by atoms with van der Waals surface area (Å²) in [6.07, 6.45) is 3.21. The number of halogens is 1. The topological polar surface area (TPSA) is 160 Å². The smallest absolute Gasteiger partial charge is 0.325 e. The maximum absolute atomic E-state index is 12.8. The quantitative estimate of drug-likeness (QED) is 0.218. The number of aromatic nitrogens is 5. The van der Waals surface area contributed by atoms with Gasteiger partial charge in [0.2, 0.25) is 0 Å². The molecule has 3 aromatic heterocycles. The average molecular weight is 613 g/mol. The van der Waals surface area contributed by atoms with E-state index < -0.39 is 5.69 Å². The van der Waals surface area contributed by atoms with Crippen LogP contribution in [0.25, 0.3) is 0 Å². The number of hydrogen-bond acceptors (Lipinski definition) is 11. The molecule has 0 aliphatic carbocycles. The van der Waals surface area contributed by atoms with E-state index in [1.807, 2.05) is 32.0 Å². The Labute approximate surface area is 251 Å². The molecule has 1 aliphatic rings. The summed E-state index contributed by atoms with van der Waals surface area (Å²) >= 11 is 7.58. The van der Waals surface area contributed by atoms with Crippen LogP contribution in [0.3, 0.4) is 0 Å². The van der Waals surface area contributed by atoms with Gasteiger partial charge < -0.3 is 20.3 Å². The molecule has 0 unspecified atom stereocenters. The monoisotopic (exact) mass is 612 g/mol. The molecule has 4 N–H and O–H groups in total. The summed E-state index contributed by atoms with van der Waals surface area (Å²) in [7, 11) is 0. The molecule has 5 rings (SSSR count). The van der Waals surface area contributed by atoms with Crippen LogP contribution in [0.1, 0.15) is 32.2 Å². The van der Waals surface area contributed by atoms with Crippen LogP contribution >= 0.6 is 22.9 Å². The summed E-state index contributed by atoms with van der Waals surface area (Å²) < 4.78 is 0. The second-order valence-corrected chi connectivity index (χ2v) is 11.2. The summed E-state index contributed by atoms with van der Waals surface area (Å²) in [5, 5.41) is 13.6. The molecule has 4 aromatic rings. The number of carbonyl (C=O) groups excluding carboxylic acids is 1. The number of nitrogens with zero attached hydrogens (tertiary/aromatic N) is 5. The molecule has 0 radical (unpaired) electrons. The maximum atomic E-state index is 12.8. The number of anilines is 3. The van der Waals surface area contributed by atoms with Crippen molar-refractivity contribution in [1.29, 1.82) is 0 Å². The molecule has 1 aromatic carbocycles. The summed E-state index contributed by atoms with van der Waals surface area (Å²) in [6, 6.07) is 7.55. The number of nitrogens with one attached hydrogen (secondary N) is 3. The number of β-amino-alcohol motifs (C(OH)–C–C–N with tert-alkyl or cyclic N) is 1. The first-order valence-electron chi connectivity index (χ1n) is 13.4. The van der Waals surface area contributed by atoms with Gasteiger partial charge in [0.15, 0.2) is 10.9 Å². The first kappa shape index (κ1) is 31.0. The highest BCUT2D eigenvalue weighted by atomic mass is 35.5. The van der Waals surface area contributed by atoms with Crippen molar-refractivity contribution in [1.82, 2.24) is 29.8 Å². The molecule has 14 heteroatoms. The van der Waals surface area contributed by atoms with Crippen molar-refractivity contribution in [2.75, 3.05) is 49.5 Å². The maximum Gasteiger partial charge on any atom is 0.325 e. The first-order chi connectivity index (χ1) is 20.1. The van der Waals surface area contributed by atoms with Gasteiger partial charge in [-0.15, -0.1) is 0 Å². The minimum atomic E-state index is -0.467. The molecule has 42 heavy (non-hydrogen) atoms. The summed E-state index contributed by atoms with van der Waals surface area (Å²) in [5.74, 6) is 2.15. The number of aromatic amines is 2. The standard InChI is InChI=1S/C23H27ClN6O2S.C5H6N2O2/c1-15-4-3-5-18(24)17(15)12-19(32)20-14-25-23(33-20)28-21-13-22(27-16(2)26-21)30-8-6-29(7-9-30)10-11-31;1-3-2-6-5(9)7-4(3)8/h3-5,13-14,31H,6-12H2,1-2H3,(H,25,26,27,28);2H,1H3,(H2,6,7,8,9). The van der Waals surface area contributed by atoms with Crippen LogP contribution in [0.2, 0.25) is 5.02 Å². The van der Waals surface area contributed by atoms with Gasteiger partial charge in [-0.2, -0.15) is 0 Å². The molecule has 0 amide bonds. The van der Waals surface area contributed by atoms with Crippen molar-refractivity contribution in [2.24, 2.45) is 0 Å². The fourth-order valence-electron chi connectivity index (χ4n) is 4.31. The van der Waals surface area contributed by atoms with Gasteiger partial charge >= 0.3 is 5.69 Å². The number of aliphatic hydroxyl groups excluding tert-OH is 1. The van der Waals surface area contributed by atoms with E-state index in [0.29, 0.717) is 38.8 Å². The number of H-pyrrole nitrogens is 2. The van der Waals surface area contributed by atoms with Crippen molar-refractivity contribution in [3.05, 3.63) is 89.9 Å². The zero-order chi connectivity index (χ0) is 30.2. The molecule has 0 bridgehead atoms. The molecule has 0 atom stereocenters. The van der Waals surface area contributed by atoms with Crippen LogP contribution < -0.4 is 21.5 Å². The van der Waals surface area contributed by atoms with Gasteiger partial charge in [-0.1, -0.05) is 35.1 Å². The molecular weight excluding hydrogens is 580 g/mol. The Hall–Kier alpha value is -3.91. The van der Waals surface area contributed by atoms with Crippen LogP contribution in [-0.2, 0) is 6.42 Å². The molecule has 4 heterocycles. The Bertz CT molecular complexity index is 1630. The van der Waals surface area contributed by atoms with Crippen molar-refractivity contribution in [3.8, 4) is 0 Å². The second kappa shape index (κ2) is 14.3. The van der Waals surface area contributed by atoms with Crippen molar-refractivity contribution in [2.45, 2.75) is 27.2 Å². The van der Waals surface area contributed by atoms with E-state index in [4.69, 9.17) is 16.7 Å². The number of carbonyl (C=O) groups is 1. The Morgan fingerprint density at radius 1 is 1.12 bits per heavy atom. The van der Waals surface area contributed by atoms with Crippen LogP contribution in [0.4, 0.5) is 16.8 Å². The van der Waals surface area contributed by atoms with Gasteiger partial charge in [0, 0.05) is 62.0 Å². The minimum absolute atomic E-state index is 0.0166. The highest BCUT2D eigenvalue weighted by Crippen LogP contribution is 2.27. The van der Waals surface area contributed by atoms with Gasteiger partial charge in [0.05, 0.1) is 17.7 Å². The predicted octanol–water partition coefficient (Wildman–Crippen LogP) is 2.86. The van der Waals surface area contributed by atoms with Crippen molar-refractivity contribution in [3.63, 3.8) is 0 Å². The third-order valence-corrected chi connectivity index (χ3v) is 7.96. The highest BCUT2D eigenvalue weighted by molar-refractivity contribution is 7.17. The van der Waals surface area contributed by atoms with Crippen molar-refractivity contribution >= 4 is 45.5 Å². The summed E-state index contributed by atoms with van der Waals surface area (Å²) in [4.78, 5) is 56.6. The van der Waals surface area contributed by atoms with Gasteiger partial charge in [0.25, 0.3) is 5.56 Å². The number of ketones is 1. The number of rotatable bonds is 8. The minimum Gasteiger partial charge on any atom is -0.395 e. The lowest BCUT2D eigenvalue weighted by Crippen LogP contribution is -2.47. The SMILES string of the molecule is Cc1c[nH]c(=O)[nH]c1=O.Cc1nc(Nc2ncc(C(=O)Cc3c(C)cccc3Cl)s2)cc(N2CCN(CCO)CC2)n1. The second-order valence-electron chi connectivity index (χ2n) is 9.76. The molecule has 1 saturated heterocycles. The van der Waals surface area contributed by atoms with E-state index in [1.54, 1.807) is 19.2 Å². The third-order valence-electron chi connectivity index (χ3n) is 6.65. The predicted molar refractivity (Wildman–Crippen MR) is 165 cm³/mol. The average Bonchev–Trinajstić information content (AvgIpc) is 3.42. The van der Waals surface area contributed by atoms with Gasteiger partial charge in [-0.05, 0) is 38.0 Å². The zero-order valence-corrected chi connectivity index (χ0v) is 25.2. The number of piperazine rings is 1. The number of hydrogen-bond donors (Lipinski definition) is 4. The van der Waals surface area contributed by atoms with Gasteiger partial charge in [-0.25, -0.2) is 19.7 Å². The fourth-order valence-corrected chi connectivity index (χ4v) is 5.35. The number of benzene rings is 1. The van der Waals surface area contributed by atoms with E-state index in [2.05, 4.69) is 40.0 Å². The fraction of sp³-hybridized carbons (Fsp3) is 0.357. The molecule has 0 spiro atoms. The van der Waals surface area contributed by atoms with E-state index in [-0.39, 0.29) is 24.4 Å². The van der Waals surface area contributed by atoms with Crippen LogP contribution in [0.5, 0.6) is 0 Å². The third kappa shape index (κ3) is 8.32. The zero-order valence-electron chi connectivity index (χ0n) is 23.6. The van der Waals surface area contributed by atoms with Crippen LogP contribution in [0.15, 0.2) is 46.2 Å². The molecular formula is C28H33ClN8O4S. The molecule has 1 fully saturated rings. The van der Waals surface area contributed by atoms with Gasteiger partial charge in [-0.3, -0.25) is 19.5 Å². The Kier molecular flexibility index (Phi) is 10.6. The van der Waals surface area contributed by atoms with E-state index in [0.717, 1.165) is 43.1 Å². The van der Waals surface area contributed by atoms with Crippen LogP contribution in [-0.4, -0.2) is 80.0 Å². The molecule has 0 saturated carbocycles. The lowest BCUT2D eigenvalue weighted by Gasteiger charge is -2.35. The first-order valence-corrected chi connectivity index (χ1v) is 14.5. The summed E-state index contributed by atoms with van der Waals surface area (Å²) in [5.41, 5.74) is 1.56. The van der Waals surface area contributed by atoms with Crippen molar-refractivity contribution < 1.29 is 9.90 Å². The number of Topliss-reactive ketones (excluding diaryl/α,β-unsaturated/α-hetero) is 1. The number of aliphatic hydroxyl groups is 1. The van der Waals surface area contributed by atoms with Crippen LogP contribution in [0, 0.1) is 20.8 Å². The summed E-state index contributed by atoms with van der Waals surface area (Å²) in [6.45, 7) is 9.76. The largest absolute Gasteiger partial charge is 0.395 e. The van der Waals surface area contributed by atoms with E-state index in [1.165, 1.54) is 17.5 Å². The molecule has 1 aliphatic heterocycles. The Morgan fingerprint density at radius 2 is 1.88 bits per heavy atom. The lowest BCUT2D eigenvalue weighted by molar-refractivity contribution is 0.0996. The van der Waals surface area contributed by atoms with Gasteiger partial charge in [0.1, 0.15) is 17.5 Å². The number of thiazole rings is 1. The Morgan fingerprint density at radius 3 is 2.55 bits per heavy atom. The number of aryl methyl sites for hydroxylation is 3. The van der Waals surface area contributed by atoms with E-state index >= 15 is 0 Å². The highest BCUT2D eigenvalue weighted by Gasteiger charge is 2.19. The molecule has 12 nitrogen and oxygen atoms in total. The Balaban J connectivity index is 0.000000385.